The van der Waals surface area contributed by atoms with Crippen LogP contribution < -0.4 is 0 Å². The summed E-state index contributed by atoms with van der Waals surface area (Å²) in [6.45, 7) is 12.1. The van der Waals surface area contributed by atoms with Crippen molar-refractivity contribution < 1.29 is 5.11 Å². The second-order valence-electron chi connectivity index (χ2n) is 5.69. The molecule has 0 spiro atoms. The Labute approximate surface area is 99.6 Å². The first-order valence-corrected chi connectivity index (χ1v) is 6.04. The molecule has 0 aliphatic heterocycles. The van der Waals surface area contributed by atoms with Gasteiger partial charge < -0.3 is 5.11 Å². The minimum absolute atomic E-state index is 0.232. The van der Waals surface area contributed by atoms with Crippen LogP contribution in [0.15, 0.2) is 36.0 Å². The lowest BCUT2D eigenvalue weighted by molar-refractivity contribution is 0.164. The summed E-state index contributed by atoms with van der Waals surface area (Å²) < 4.78 is 0. The van der Waals surface area contributed by atoms with Crippen molar-refractivity contribution in [1.29, 1.82) is 0 Å². The number of allylic oxidation sites excluding steroid dienone is 3. The molecule has 1 aliphatic carbocycles. The van der Waals surface area contributed by atoms with E-state index in [0.29, 0.717) is 0 Å². The predicted octanol–water partition coefficient (Wildman–Crippen LogP) is 4.01. The standard InChI is InChI=1S/C15H24O/c1-6-15(5,16)11-9-13-12(2)8-7-10-14(13,3)4/h6,9,11,16H,1,7-8,10H2,2-5H3/b11-9+. The van der Waals surface area contributed by atoms with Crippen molar-refractivity contribution in [2.45, 2.75) is 52.6 Å². The Morgan fingerprint density at radius 2 is 2.06 bits per heavy atom. The normalized spacial score (nSPS) is 24.6. The van der Waals surface area contributed by atoms with Gasteiger partial charge in [0.05, 0.1) is 5.60 Å². The van der Waals surface area contributed by atoms with Gasteiger partial charge in [-0.05, 0) is 50.2 Å². The van der Waals surface area contributed by atoms with Crippen LogP contribution in [-0.2, 0) is 0 Å². The third-order valence-corrected chi connectivity index (χ3v) is 3.54. The number of rotatable bonds is 3. The van der Waals surface area contributed by atoms with Gasteiger partial charge >= 0.3 is 0 Å². The maximum Gasteiger partial charge on any atom is 0.0981 e. The van der Waals surface area contributed by atoms with Crippen LogP contribution in [0.4, 0.5) is 0 Å². The Morgan fingerprint density at radius 3 is 2.56 bits per heavy atom. The number of aliphatic hydroxyl groups is 1. The Kier molecular flexibility index (Phi) is 3.80. The molecule has 0 aromatic heterocycles. The zero-order chi connectivity index (χ0) is 12.4. The average molecular weight is 220 g/mol. The van der Waals surface area contributed by atoms with Gasteiger partial charge in [-0.25, -0.2) is 0 Å². The van der Waals surface area contributed by atoms with Gasteiger partial charge in [0.2, 0.25) is 0 Å². The van der Waals surface area contributed by atoms with Crippen molar-refractivity contribution in [2.75, 3.05) is 0 Å². The molecule has 1 N–H and O–H groups in total. The van der Waals surface area contributed by atoms with E-state index in [9.17, 15) is 5.11 Å². The van der Waals surface area contributed by atoms with Crippen LogP contribution in [0.25, 0.3) is 0 Å². The maximum atomic E-state index is 9.88. The van der Waals surface area contributed by atoms with Gasteiger partial charge in [-0.3, -0.25) is 0 Å². The minimum Gasteiger partial charge on any atom is -0.382 e. The quantitative estimate of drug-likeness (QED) is 0.713. The molecule has 0 aromatic rings. The second kappa shape index (κ2) is 4.58. The molecule has 90 valence electrons. The highest BCUT2D eigenvalue weighted by molar-refractivity contribution is 5.34. The predicted molar refractivity (Wildman–Crippen MR) is 70.3 cm³/mol. The van der Waals surface area contributed by atoms with Gasteiger partial charge in [-0.15, -0.1) is 0 Å². The van der Waals surface area contributed by atoms with Crippen LogP contribution in [-0.4, -0.2) is 10.7 Å². The van der Waals surface area contributed by atoms with E-state index in [0.717, 1.165) is 0 Å². The van der Waals surface area contributed by atoms with Crippen molar-refractivity contribution in [3.8, 4) is 0 Å². The first-order valence-electron chi connectivity index (χ1n) is 6.04. The zero-order valence-electron chi connectivity index (χ0n) is 11.0. The van der Waals surface area contributed by atoms with Gasteiger partial charge in [-0.2, -0.15) is 0 Å². The summed E-state index contributed by atoms with van der Waals surface area (Å²) >= 11 is 0. The largest absolute Gasteiger partial charge is 0.382 e. The molecule has 16 heavy (non-hydrogen) atoms. The Morgan fingerprint density at radius 1 is 1.44 bits per heavy atom. The van der Waals surface area contributed by atoms with Crippen LogP contribution in [0.5, 0.6) is 0 Å². The molecular formula is C15H24O. The summed E-state index contributed by atoms with van der Waals surface area (Å²) in [5, 5.41) is 9.88. The molecule has 0 amide bonds. The van der Waals surface area contributed by atoms with Crippen LogP contribution in [0.3, 0.4) is 0 Å². The van der Waals surface area contributed by atoms with Gasteiger partial charge in [0.25, 0.3) is 0 Å². The van der Waals surface area contributed by atoms with Crippen molar-refractivity contribution in [3.63, 3.8) is 0 Å². The molecule has 1 unspecified atom stereocenters. The third kappa shape index (κ3) is 3.08. The van der Waals surface area contributed by atoms with Crippen LogP contribution >= 0.6 is 0 Å². The lowest BCUT2D eigenvalue weighted by Gasteiger charge is -2.33. The smallest absolute Gasteiger partial charge is 0.0981 e. The van der Waals surface area contributed by atoms with Crippen LogP contribution in [0.2, 0.25) is 0 Å². The van der Waals surface area contributed by atoms with Gasteiger partial charge in [-0.1, -0.05) is 38.2 Å². The van der Waals surface area contributed by atoms with E-state index in [1.807, 2.05) is 6.08 Å². The summed E-state index contributed by atoms with van der Waals surface area (Å²) in [6.07, 6.45) is 9.16. The third-order valence-electron chi connectivity index (χ3n) is 3.54. The summed E-state index contributed by atoms with van der Waals surface area (Å²) in [5.74, 6) is 0. The zero-order valence-corrected chi connectivity index (χ0v) is 11.0. The molecule has 0 heterocycles. The molecule has 0 saturated heterocycles. The highest BCUT2D eigenvalue weighted by atomic mass is 16.3. The fraction of sp³-hybridized carbons (Fsp3) is 0.600. The molecule has 0 radical (unpaired) electrons. The van der Waals surface area contributed by atoms with Crippen molar-refractivity contribution >= 4 is 0 Å². The molecule has 1 aliphatic rings. The monoisotopic (exact) mass is 220 g/mol. The lowest BCUT2D eigenvalue weighted by Crippen LogP contribution is -2.21. The molecule has 1 nitrogen and oxygen atoms in total. The molecule has 0 fully saturated rings. The minimum atomic E-state index is -0.902. The highest BCUT2D eigenvalue weighted by Crippen LogP contribution is 2.40. The topological polar surface area (TPSA) is 20.2 Å². The fourth-order valence-electron chi connectivity index (χ4n) is 2.33. The molecule has 1 heteroatoms. The van der Waals surface area contributed by atoms with Crippen LogP contribution in [0, 0.1) is 5.41 Å². The van der Waals surface area contributed by atoms with Crippen molar-refractivity contribution in [3.05, 3.63) is 36.0 Å². The van der Waals surface area contributed by atoms with E-state index in [4.69, 9.17) is 0 Å². The number of hydrogen-bond donors (Lipinski definition) is 1. The van der Waals surface area contributed by atoms with Gasteiger partial charge in [0, 0.05) is 0 Å². The summed E-state index contributed by atoms with van der Waals surface area (Å²) in [5.41, 5.74) is 2.16. The van der Waals surface area contributed by atoms with E-state index in [2.05, 4.69) is 33.4 Å². The molecule has 0 saturated carbocycles. The van der Waals surface area contributed by atoms with E-state index in [1.165, 1.54) is 30.4 Å². The summed E-state index contributed by atoms with van der Waals surface area (Å²) in [7, 11) is 0. The highest BCUT2D eigenvalue weighted by Gasteiger charge is 2.27. The molecule has 1 atom stereocenters. The van der Waals surface area contributed by atoms with Crippen molar-refractivity contribution in [2.24, 2.45) is 5.41 Å². The Hall–Kier alpha value is -0.820. The van der Waals surface area contributed by atoms with Gasteiger partial charge in [0.15, 0.2) is 0 Å². The van der Waals surface area contributed by atoms with E-state index in [1.54, 1.807) is 13.0 Å². The first kappa shape index (κ1) is 13.2. The maximum absolute atomic E-state index is 9.88. The van der Waals surface area contributed by atoms with E-state index >= 15 is 0 Å². The second-order valence-corrected chi connectivity index (χ2v) is 5.69. The summed E-state index contributed by atoms with van der Waals surface area (Å²) in [6, 6.07) is 0. The Balaban J connectivity index is 2.98. The molecular weight excluding hydrogens is 196 g/mol. The summed E-state index contributed by atoms with van der Waals surface area (Å²) in [4.78, 5) is 0. The fourth-order valence-corrected chi connectivity index (χ4v) is 2.33. The van der Waals surface area contributed by atoms with Gasteiger partial charge in [0.1, 0.15) is 0 Å². The first-order chi connectivity index (χ1) is 7.28. The van der Waals surface area contributed by atoms with Crippen LogP contribution in [0.1, 0.15) is 47.0 Å². The SMILES string of the molecule is C=CC(C)(O)/C=C/C1=C(C)CCCC1(C)C. The average Bonchev–Trinajstić information content (AvgIpc) is 2.16. The van der Waals surface area contributed by atoms with E-state index < -0.39 is 5.60 Å². The molecule has 0 aromatic carbocycles. The molecule has 1 rings (SSSR count). The van der Waals surface area contributed by atoms with E-state index in [-0.39, 0.29) is 5.41 Å². The Bertz CT molecular complexity index is 329. The number of hydrogen-bond acceptors (Lipinski definition) is 1. The lowest BCUT2D eigenvalue weighted by atomic mass is 9.72. The molecule has 0 bridgehead atoms. The van der Waals surface area contributed by atoms with Crippen molar-refractivity contribution in [1.82, 2.24) is 0 Å².